The summed E-state index contributed by atoms with van der Waals surface area (Å²) in [5.41, 5.74) is 2.75. The second kappa shape index (κ2) is 5.88. The number of nitrogens with zero attached hydrogens (tertiary/aromatic N) is 2. The fourth-order valence-corrected chi connectivity index (χ4v) is 2.07. The Morgan fingerprint density at radius 3 is 2.45 bits per heavy atom. The van der Waals surface area contributed by atoms with Crippen LogP contribution in [0.15, 0.2) is 36.4 Å². The van der Waals surface area contributed by atoms with E-state index in [9.17, 15) is 10.1 Å². The van der Waals surface area contributed by atoms with Crippen LogP contribution in [0, 0.1) is 17.0 Å². The first-order chi connectivity index (χ1) is 9.47. The largest absolute Gasteiger partial charge is 0.377 e. The Morgan fingerprint density at radius 2 is 1.90 bits per heavy atom. The zero-order valence-electron chi connectivity index (χ0n) is 11.1. The highest BCUT2D eigenvalue weighted by Gasteiger charge is 2.10. The van der Waals surface area contributed by atoms with E-state index in [4.69, 9.17) is 11.6 Å². The number of anilines is 1. The van der Waals surface area contributed by atoms with E-state index in [1.807, 2.05) is 19.9 Å². The average molecular weight is 292 g/mol. The van der Waals surface area contributed by atoms with Gasteiger partial charge in [-0.3, -0.25) is 10.1 Å². The molecule has 1 atom stereocenters. The number of aromatic nitrogens is 1. The van der Waals surface area contributed by atoms with Crippen LogP contribution in [0.3, 0.4) is 0 Å². The predicted octanol–water partition coefficient (Wildman–Crippen LogP) is 4.12. The van der Waals surface area contributed by atoms with Gasteiger partial charge in [-0.2, -0.15) is 0 Å². The van der Waals surface area contributed by atoms with Crippen LogP contribution in [0.25, 0.3) is 0 Å². The zero-order valence-corrected chi connectivity index (χ0v) is 11.9. The van der Waals surface area contributed by atoms with Crippen molar-refractivity contribution in [3.63, 3.8) is 0 Å². The Balaban J connectivity index is 2.15. The molecule has 0 fully saturated rings. The monoisotopic (exact) mass is 291 g/mol. The molecule has 1 unspecified atom stereocenters. The van der Waals surface area contributed by atoms with Gasteiger partial charge in [0.15, 0.2) is 0 Å². The second-order valence-electron chi connectivity index (χ2n) is 4.48. The number of hydrogen-bond donors (Lipinski definition) is 1. The maximum absolute atomic E-state index is 10.6. The molecule has 0 saturated carbocycles. The number of nitro groups is 1. The van der Waals surface area contributed by atoms with Crippen LogP contribution in [0.2, 0.25) is 5.15 Å². The summed E-state index contributed by atoms with van der Waals surface area (Å²) in [5.74, 6) is 0. The van der Waals surface area contributed by atoms with Gasteiger partial charge in [0.2, 0.25) is 0 Å². The van der Waals surface area contributed by atoms with Gasteiger partial charge in [0.05, 0.1) is 16.3 Å². The molecule has 2 rings (SSSR count). The van der Waals surface area contributed by atoms with Crippen molar-refractivity contribution in [2.75, 3.05) is 5.32 Å². The van der Waals surface area contributed by atoms with Crippen LogP contribution in [-0.2, 0) is 0 Å². The number of hydrogen-bond acceptors (Lipinski definition) is 4. The van der Waals surface area contributed by atoms with Crippen molar-refractivity contribution in [1.82, 2.24) is 4.98 Å². The summed E-state index contributed by atoms with van der Waals surface area (Å²) in [7, 11) is 0. The third-order valence-corrected chi connectivity index (χ3v) is 3.24. The molecular formula is C14H14ClN3O2. The highest BCUT2D eigenvalue weighted by atomic mass is 35.5. The molecule has 0 aliphatic carbocycles. The van der Waals surface area contributed by atoms with Gasteiger partial charge < -0.3 is 5.32 Å². The van der Waals surface area contributed by atoms with Crippen LogP contribution in [0.5, 0.6) is 0 Å². The number of halogens is 1. The van der Waals surface area contributed by atoms with Crippen LogP contribution in [0.4, 0.5) is 11.4 Å². The molecule has 6 heteroatoms. The van der Waals surface area contributed by atoms with Gasteiger partial charge in [-0.1, -0.05) is 23.7 Å². The van der Waals surface area contributed by atoms with E-state index >= 15 is 0 Å². The lowest BCUT2D eigenvalue weighted by molar-refractivity contribution is -0.384. The lowest BCUT2D eigenvalue weighted by Crippen LogP contribution is -2.08. The van der Waals surface area contributed by atoms with Crippen LogP contribution >= 0.6 is 11.6 Å². The summed E-state index contributed by atoms with van der Waals surface area (Å²) in [6, 6.07) is 10.1. The van der Waals surface area contributed by atoms with E-state index in [1.165, 1.54) is 12.1 Å². The van der Waals surface area contributed by atoms with E-state index in [-0.39, 0.29) is 11.7 Å². The summed E-state index contributed by atoms with van der Waals surface area (Å²) < 4.78 is 0. The molecule has 104 valence electrons. The quantitative estimate of drug-likeness (QED) is 0.522. The number of benzene rings is 1. The van der Waals surface area contributed by atoms with Gasteiger partial charge >= 0.3 is 0 Å². The normalized spacial score (nSPS) is 11.9. The summed E-state index contributed by atoms with van der Waals surface area (Å²) in [6.45, 7) is 3.85. The van der Waals surface area contributed by atoms with E-state index in [1.54, 1.807) is 18.2 Å². The van der Waals surface area contributed by atoms with Gasteiger partial charge in [-0.05, 0) is 31.5 Å². The first-order valence-corrected chi connectivity index (χ1v) is 6.49. The molecule has 20 heavy (non-hydrogen) atoms. The molecule has 0 amide bonds. The maximum atomic E-state index is 10.6. The summed E-state index contributed by atoms with van der Waals surface area (Å²) >= 11 is 5.81. The number of rotatable bonds is 4. The van der Waals surface area contributed by atoms with E-state index in [0.29, 0.717) is 5.15 Å². The van der Waals surface area contributed by atoms with Crippen LogP contribution in [0.1, 0.15) is 24.2 Å². The maximum Gasteiger partial charge on any atom is 0.269 e. The van der Waals surface area contributed by atoms with Gasteiger partial charge in [-0.25, -0.2) is 4.98 Å². The van der Waals surface area contributed by atoms with Crippen molar-refractivity contribution in [2.45, 2.75) is 19.9 Å². The standard InChI is InChI=1S/C14H14ClN3O2/c1-9(11-3-5-12(6-4-11)18(19)20)16-13-7-8-14(15)17-10(13)2/h3-9,16H,1-2H3. The molecule has 0 bridgehead atoms. The minimum absolute atomic E-state index is 0.0116. The Morgan fingerprint density at radius 1 is 1.25 bits per heavy atom. The smallest absolute Gasteiger partial charge is 0.269 e. The third-order valence-electron chi connectivity index (χ3n) is 3.03. The molecular weight excluding hydrogens is 278 g/mol. The topological polar surface area (TPSA) is 68.1 Å². The molecule has 1 aromatic heterocycles. The Bertz CT molecular complexity index is 629. The molecule has 1 aromatic carbocycles. The Hall–Kier alpha value is -2.14. The lowest BCUT2D eigenvalue weighted by Gasteiger charge is -2.17. The second-order valence-corrected chi connectivity index (χ2v) is 4.87. The molecule has 0 spiro atoms. The third kappa shape index (κ3) is 3.24. The summed E-state index contributed by atoms with van der Waals surface area (Å²) in [4.78, 5) is 14.4. The molecule has 5 nitrogen and oxygen atoms in total. The summed E-state index contributed by atoms with van der Waals surface area (Å²) in [5, 5.41) is 14.4. The van der Waals surface area contributed by atoms with E-state index in [2.05, 4.69) is 10.3 Å². The average Bonchev–Trinajstić information content (AvgIpc) is 2.42. The van der Waals surface area contributed by atoms with Crippen molar-refractivity contribution in [3.05, 3.63) is 62.9 Å². The van der Waals surface area contributed by atoms with Crippen molar-refractivity contribution in [2.24, 2.45) is 0 Å². The number of aryl methyl sites for hydroxylation is 1. The molecule has 2 aromatic rings. The minimum Gasteiger partial charge on any atom is -0.377 e. The minimum atomic E-state index is -0.408. The highest BCUT2D eigenvalue weighted by molar-refractivity contribution is 6.29. The molecule has 0 aliphatic rings. The Labute approximate surface area is 121 Å². The highest BCUT2D eigenvalue weighted by Crippen LogP contribution is 2.23. The van der Waals surface area contributed by atoms with E-state index in [0.717, 1.165) is 16.9 Å². The van der Waals surface area contributed by atoms with E-state index < -0.39 is 4.92 Å². The number of pyridine rings is 1. The molecule has 0 saturated heterocycles. The molecule has 1 N–H and O–H groups in total. The van der Waals surface area contributed by atoms with Crippen molar-refractivity contribution < 1.29 is 4.92 Å². The number of nitro benzene ring substituents is 1. The SMILES string of the molecule is Cc1nc(Cl)ccc1NC(C)c1ccc([N+](=O)[O-])cc1. The van der Waals surface area contributed by atoms with Gasteiger partial charge in [0.25, 0.3) is 5.69 Å². The molecule has 1 heterocycles. The van der Waals surface area contributed by atoms with Gasteiger partial charge in [-0.15, -0.1) is 0 Å². The predicted molar refractivity (Wildman–Crippen MR) is 79.1 cm³/mol. The Kier molecular flexibility index (Phi) is 4.20. The first-order valence-electron chi connectivity index (χ1n) is 6.11. The van der Waals surface area contributed by atoms with Gasteiger partial charge in [0, 0.05) is 18.2 Å². The van der Waals surface area contributed by atoms with Crippen molar-refractivity contribution in [1.29, 1.82) is 0 Å². The lowest BCUT2D eigenvalue weighted by atomic mass is 10.1. The molecule has 0 aliphatic heterocycles. The summed E-state index contributed by atoms with van der Waals surface area (Å²) in [6.07, 6.45) is 0. The first kappa shape index (κ1) is 14.3. The fourth-order valence-electron chi connectivity index (χ4n) is 1.88. The van der Waals surface area contributed by atoms with Gasteiger partial charge in [0.1, 0.15) is 5.15 Å². The van der Waals surface area contributed by atoms with Crippen LogP contribution < -0.4 is 5.32 Å². The van der Waals surface area contributed by atoms with Crippen molar-refractivity contribution in [3.8, 4) is 0 Å². The number of nitrogens with one attached hydrogen (secondary N) is 1. The number of non-ortho nitro benzene ring substituents is 1. The molecule has 0 radical (unpaired) electrons. The van der Waals surface area contributed by atoms with Crippen LogP contribution in [-0.4, -0.2) is 9.91 Å². The fraction of sp³-hybridized carbons (Fsp3) is 0.214. The van der Waals surface area contributed by atoms with Crippen molar-refractivity contribution >= 4 is 23.0 Å². The zero-order chi connectivity index (χ0) is 14.7.